The van der Waals surface area contributed by atoms with Gasteiger partial charge in [-0.3, -0.25) is 9.48 Å². The molecule has 5 heteroatoms. The summed E-state index contributed by atoms with van der Waals surface area (Å²) in [5.41, 5.74) is 2.38. The van der Waals surface area contributed by atoms with E-state index in [9.17, 15) is 4.79 Å². The molecule has 2 rings (SSSR count). The SMILES string of the molecule is CC(C)c1nn(C)cc1CNCCC(=O)N1CCCCC1. The van der Waals surface area contributed by atoms with Crippen LogP contribution in [0.25, 0.3) is 0 Å². The lowest BCUT2D eigenvalue weighted by molar-refractivity contribution is -0.131. The highest BCUT2D eigenvalue weighted by Gasteiger charge is 2.16. The molecule has 0 unspecified atom stereocenters. The Morgan fingerprint density at radius 1 is 1.33 bits per heavy atom. The number of amides is 1. The van der Waals surface area contributed by atoms with E-state index in [4.69, 9.17) is 0 Å². The third kappa shape index (κ3) is 4.56. The van der Waals surface area contributed by atoms with Gasteiger partial charge in [0.15, 0.2) is 0 Å². The van der Waals surface area contributed by atoms with Crippen LogP contribution in [0.3, 0.4) is 0 Å². The highest BCUT2D eigenvalue weighted by molar-refractivity contribution is 5.76. The van der Waals surface area contributed by atoms with Crippen LogP contribution in [0.1, 0.15) is 56.7 Å². The summed E-state index contributed by atoms with van der Waals surface area (Å²) in [5.74, 6) is 0.718. The van der Waals surface area contributed by atoms with Gasteiger partial charge in [0.25, 0.3) is 0 Å². The molecule has 1 saturated heterocycles. The number of carbonyl (C=O) groups is 1. The van der Waals surface area contributed by atoms with Gasteiger partial charge in [0, 0.05) is 51.4 Å². The molecule has 0 bridgehead atoms. The standard InChI is InChI=1S/C16H28N4O/c1-13(2)16-14(12-19(3)18-16)11-17-8-7-15(21)20-9-5-4-6-10-20/h12-13,17H,4-11H2,1-3H3. The molecule has 5 nitrogen and oxygen atoms in total. The van der Waals surface area contributed by atoms with Gasteiger partial charge in [-0.05, 0) is 25.2 Å². The molecule has 21 heavy (non-hydrogen) atoms. The number of aromatic nitrogens is 2. The van der Waals surface area contributed by atoms with Gasteiger partial charge >= 0.3 is 0 Å². The summed E-state index contributed by atoms with van der Waals surface area (Å²) in [6.07, 6.45) is 6.24. The Morgan fingerprint density at radius 2 is 2.05 bits per heavy atom. The van der Waals surface area contributed by atoms with E-state index in [1.807, 2.05) is 16.6 Å². The fourth-order valence-corrected chi connectivity index (χ4v) is 2.90. The number of hydrogen-bond donors (Lipinski definition) is 1. The predicted molar refractivity (Wildman–Crippen MR) is 84.1 cm³/mol. The lowest BCUT2D eigenvalue weighted by Crippen LogP contribution is -2.37. The van der Waals surface area contributed by atoms with Crippen molar-refractivity contribution in [3.8, 4) is 0 Å². The summed E-state index contributed by atoms with van der Waals surface area (Å²) >= 11 is 0. The fourth-order valence-electron chi connectivity index (χ4n) is 2.90. The molecular formula is C16H28N4O. The Kier molecular flexibility index (Phi) is 5.79. The van der Waals surface area contributed by atoms with E-state index in [2.05, 4.69) is 30.5 Å². The minimum absolute atomic E-state index is 0.289. The van der Waals surface area contributed by atoms with E-state index in [1.54, 1.807) is 0 Å². The molecule has 0 saturated carbocycles. The van der Waals surface area contributed by atoms with Crippen LogP contribution >= 0.6 is 0 Å². The van der Waals surface area contributed by atoms with Gasteiger partial charge in [-0.15, -0.1) is 0 Å². The molecule has 118 valence electrons. The van der Waals surface area contributed by atoms with E-state index in [1.165, 1.54) is 12.0 Å². The smallest absolute Gasteiger partial charge is 0.223 e. The molecule has 1 aromatic rings. The molecule has 1 aromatic heterocycles. The zero-order chi connectivity index (χ0) is 15.2. The van der Waals surface area contributed by atoms with Gasteiger partial charge in [0.2, 0.25) is 5.91 Å². The first-order valence-corrected chi connectivity index (χ1v) is 8.09. The number of carbonyl (C=O) groups excluding carboxylic acids is 1. The summed E-state index contributed by atoms with van der Waals surface area (Å²) in [4.78, 5) is 14.1. The third-order valence-electron chi connectivity index (χ3n) is 4.02. The zero-order valence-electron chi connectivity index (χ0n) is 13.6. The maximum absolute atomic E-state index is 12.1. The molecule has 1 aliphatic heterocycles. The van der Waals surface area contributed by atoms with Gasteiger partial charge < -0.3 is 10.2 Å². The minimum Gasteiger partial charge on any atom is -0.343 e. The molecule has 1 amide bonds. The number of nitrogens with one attached hydrogen (secondary N) is 1. The minimum atomic E-state index is 0.289. The molecule has 0 aromatic carbocycles. The molecule has 0 atom stereocenters. The summed E-state index contributed by atoms with van der Waals surface area (Å²) in [6, 6.07) is 0. The van der Waals surface area contributed by atoms with Crippen molar-refractivity contribution in [2.24, 2.45) is 7.05 Å². The summed E-state index contributed by atoms with van der Waals surface area (Å²) in [6.45, 7) is 7.73. The first kappa shape index (κ1) is 16.0. The lowest BCUT2D eigenvalue weighted by Gasteiger charge is -2.26. The van der Waals surface area contributed by atoms with Crippen LogP contribution in [-0.2, 0) is 18.4 Å². The van der Waals surface area contributed by atoms with Crippen molar-refractivity contribution in [1.82, 2.24) is 20.0 Å². The van der Waals surface area contributed by atoms with E-state index >= 15 is 0 Å². The van der Waals surface area contributed by atoms with Crippen LogP contribution in [0.4, 0.5) is 0 Å². The second-order valence-corrected chi connectivity index (χ2v) is 6.24. The van der Waals surface area contributed by atoms with Crippen LogP contribution in [0, 0.1) is 0 Å². The molecule has 1 N–H and O–H groups in total. The first-order valence-electron chi connectivity index (χ1n) is 8.09. The summed E-state index contributed by atoms with van der Waals surface area (Å²) < 4.78 is 1.87. The normalized spacial score (nSPS) is 15.7. The highest BCUT2D eigenvalue weighted by Crippen LogP contribution is 2.17. The van der Waals surface area contributed by atoms with Gasteiger partial charge in [-0.2, -0.15) is 5.10 Å². The van der Waals surface area contributed by atoms with E-state index in [-0.39, 0.29) is 5.91 Å². The molecule has 0 aliphatic carbocycles. The van der Waals surface area contributed by atoms with Crippen molar-refractivity contribution >= 4 is 5.91 Å². The quantitative estimate of drug-likeness (QED) is 0.816. The highest BCUT2D eigenvalue weighted by atomic mass is 16.2. The largest absolute Gasteiger partial charge is 0.343 e. The van der Waals surface area contributed by atoms with Crippen molar-refractivity contribution in [3.05, 3.63) is 17.5 Å². The van der Waals surface area contributed by atoms with Gasteiger partial charge in [-0.1, -0.05) is 13.8 Å². The van der Waals surface area contributed by atoms with E-state index in [0.717, 1.165) is 44.7 Å². The van der Waals surface area contributed by atoms with Crippen molar-refractivity contribution < 1.29 is 4.79 Å². The molecule has 1 fully saturated rings. The maximum Gasteiger partial charge on any atom is 0.223 e. The van der Waals surface area contributed by atoms with Crippen molar-refractivity contribution in [1.29, 1.82) is 0 Å². The number of rotatable bonds is 6. The molecule has 2 heterocycles. The van der Waals surface area contributed by atoms with Crippen LogP contribution in [0.15, 0.2) is 6.20 Å². The maximum atomic E-state index is 12.1. The van der Waals surface area contributed by atoms with Crippen molar-refractivity contribution in [3.63, 3.8) is 0 Å². The van der Waals surface area contributed by atoms with Crippen LogP contribution in [0.2, 0.25) is 0 Å². The lowest BCUT2D eigenvalue weighted by atomic mass is 10.1. The Labute approximate surface area is 127 Å². The average molecular weight is 292 g/mol. The average Bonchev–Trinajstić information content (AvgIpc) is 2.85. The van der Waals surface area contributed by atoms with Crippen LogP contribution in [-0.4, -0.2) is 40.2 Å². The molecule has 0 radical (unpaired) electrons. The number of nitrogens with zero attached hydrogens (tertiary/aromatic N) is 3. The van der Waals surface area contributed by atoms with Crippen molar-refractivity contribution in [2.75, 3.05) is 19.6 Å². The Balaban J connectivity index is 1.73. The third-order valence-corrected chi connectivity index (χ3v) is 4.02. The Hall–Kier alpha value is -1.36. The van der Waals surface area contributed by atoms with Crippen LogP contribution in [0.5, 0.6) is 0 Å². The van der Waals surface area contributed by atoms with Gasteiger partial charge in [0.1, 0.15) is 0 Å². The fraction of sp³-hybridized carbons (Fsp3) is 0.750. The second kappa shape index (κ2) is 7.59. The monoisotopic (exact) mass is 292 g/mol. The number of hydrogen-bond acceptors (Lipinski definition) is 3. The summed E-state index contributed by atoms with van der Waals surface area (Å²) in [5, 5.41) is 7.88. The van der Waals surface area contributed by atoms with Gasteiger partial charge in [0.05, 0.1) is 5.69 Å². The Bertz CT molecular complexity index is 461. The zero-order valence-corrected chi connectivity index (χ0v) is 13.6. The topological polar surface area (TPSA) is 50.2 Å². The second-order valence-electron chi connectivity index (χ2n) is 6.24. The number of aryl methyl sites for hydroxylation is 1. The van der Waals surface area contributed by atoms with Crippen LogP contribution < -0.4 is 5.32 Å². The number of likely N-dealkylation sites (tertiary alicyclic amines) is 1. The predicted octanol–water partition coefficient (Wildman–Crippen LogP) is 2.04. The summed E-state index contributed by atoms with van der Waals surface area (Å²) in [7, 11) is 1.95. The Morgan fingerprint density at radius 3 is 2.71 bits per heavy atom. The van der Waals surface area contributed by atoms with E-state index < -0.39 is 0 Å². The van der Waals surface area contributed by atoms with E-state index in [0.29, 0.717) is 12.3 Å². The van der Waals surface area contributed by atoms with Gasteiger partial charge in [-0.25, -0.2) is 0 Å². The molecular weight excluding hydrogens is 264 g/mol. The van der Waals surface area contributed by atoms with Crippen molar-refractivity contribution in [2.45, 2.75) is 52.0 Å². The molecule has 0 spiro atoms. The molecule has 1 aliphatic rings. The first-order chi connectivity index (χ1) is 10.1. The number of piperidine rings is 1.